The smallest absolute Gasteiger partial charge is 0.290 e. The molecule has 0 aliphatic carbocycles. The predicted octanol–water partition coefficient (Wildman–Crippen LogP) is 0.668. The number of aromatic nitrogens is 2. The van der Waals surface area contributed by atoms with E-state index in [9.17, 15) is 4.79 Å². The van der Waals surface area contributed by atoms with E-state index < -0.39 is 0 Å². The SMILES string of the molecule is O=c1[nH]ccnc1NCCN1CCCCC1. The highest BCUT2D eigenvalue weighted by Crippen LogP contribution is 2.07. The first-order valence-corrected chi connectivity index (χ1v) is 5.86. The molecule has 1 fully saturated rings. The van der Waals surface area contributed by atoms with Crippen LogP contribution in [0, 0.1) is 0 Å². The molecule has 0 spiro atoms. The van der Waals surface area contributed by atoms with Crippen LogP contribution in [-0.2, 0) is 0 Å². The fourth-order valence-electron chi connectivity index (χ4n) is 1.99. The van der Waals surface area contributed by atoms with Gasteiger partial charge in [0, 0.05) is 25.5 Å². The van der Waals surface area contributed by atoms with Gasteiger partial charge >= 0.3 is 0 Å². The van der Waals surface area contributed by atoms with Crippen LogP contribution < -0.4 is 10.9 Å². The average molecular weight is 222 g/mol. The molecule has 1 aromatic heterocycles. The molecule has 88 valence electrons. The Morgan fingerprint density at radius 3 is 2.94 bits per heavy atom. The van der Waals surface area contributed by atoms with Gasteiger partial charge in [0.2, 0.25) is 0 Å². The Hall–Kier alpha value is -1.36. The van der Waals surface area contributed by atoms with E-state index in [-0.39, 0.29) is 5.56 Å². The zero-order chi connectivity index (χ0) is 11.2. The molecular weight excluding hydrogens is 204 g/mol. The largest absolute Gasteiger partial charge is 0.364 e. The molecule has 2 N–H and O–H groups in total. The monoisotopic (exact) mass is 222 g/mol. The second-order valence-electron chi connectivity index (χ2n) is 4.10. The summed E-state index contributed by atoms with van der Waals surface area (Å²) in [5, 5.41) is 3.06. The van der Waals surface area contributed by atoms with Gasteiger partial charge in [-0.2, -0.15) is 0 Å². The van der Waals surface area contributed by atoms with Gasteiger partial charge in [0.1, 0.15) is 0 Å². The van der Waals surface area contributed by atoms with Crippen molar-refractivity contribution in [2.75, 3.05) is 31.5 Å². The van der Waals surface area contributed by atoms with Crippen molar-refractivity contribution in [3.8, 4) is 0 Å². The van der Waals surface area contributed by atoms with Gasteiger partial charge in [-0.15, -0.1) is 0 Å². The number of rotatable bonds is 4. The third-order valence-corrected chi connectivity index (χ3v) is 2.88. The summed E-state index contributed by atoms with van der Waals surface area (Å²) in [5.74, 6) is 0.416. The van der Waals surface area contributed by atoms with Gasteiger partial charge in [-0.05, 0) is 25.9 Å². The van der Waals surface area contributed by atoms with Gasteiger partial charge in [-0.25, -0.2) is 4.98 Å². The number of hydrogen-bond acceptors (Lipinski definition) is 4. The zero-order valence-electron chi connectivity index (χ0n) is 9.41. The fraction of sp³-hybridized carbons (Fsp3) is 0.636. The second-order valence-corrected chi connectivity index (χ2v) is 4.10. The molecule has 0 unspecified atom stereocenters. The Morgan fingerprint density at radius 1 is 1.38 bits per heavy atom. The summed E-state index contributed by atoms with van der Waals surface area (Å²) >= 11 is 0. The number of anilines is 1. The summed E-state index contributed by atoms with van der Waals surface area (Å²) in [6, 6.07) is 0. The summed E-state index contributed by atoms with van der Waals surface area (Å²) in [7, 11) is 0. The molecule has 0 aromatic carbocycles. The number of H-pyrrole nitrogens is 1. The van der Waals surface area contributed by atoms with Crippen molar-refractivity contribution in [3.63, 3.8) is 0 Å². The first-order chi connectivity index (χ1) is 7.86. The van der Waals surface area contributed by atoms with Gasteiger partial charge in [-0.3, -0.25) is 4.79 Å². The van der Waals surface area contributed by atoms with E-state index in [1.54, 1.807) is 6.20 Å². The maximum absolute atomic E-state index is 11.3. The summed E-state index contributed by atoms with van der Waals surface area (Å²) in [6.45, 7) is 4.12. The lowest BCUT2D eigenvalue weighted by Crippen LogP contribution is -2.34. The molecule has 1 aliphatic heterocycles. The van der Waals surface area contributed by atoms with Crippen LogP contribution in [0.4, 0.5) is 5.82 Å². The lowest BCUT2D eigenvalue weighted by Gasteiger charge is -2.26. The third kappa shape index (κ3) is 3.06. The molecule has 0 bridgehead atoms. The molecular formula is C11H18N4O. The molecule has 0 saturated carbocycles. The highest BCUT2D eigenvalue weighted by atomic mass is 16.1. The van der Waals surface area contributed by atoms with Crippen molar-refractivity contribution < 1.29 is 0 Å². The Labute approximate surface area is 94.9 Å². The maximum atomic E-state index is 11.3. The van der Waals surface area contributed by atoms with Crippen molar-refractivity contribution in [2.45, 2.75) is 19.3 Å². The lowest BCUT2D eigenvalue weighted by atomic mass is 10.1. The molecule has 5 nitrogen and oxygen atoms in total. The van der Waals surface area contributed by atoms with E-state index in [0.29, 0.717) is 5.82 Å². The highest BCUT2D eigenvalue weighted by molar-refractivity contribution is 5.29. The Balaban J connectivity index is 1.75. The molecule has 1 aliphatic rings. The van der Waals surface area contributed by atoms with E-state index in [4.69, 9.17) is 0 Å². The average Bonchev–Trinajstić information content (AvgIpc) is 2.33. The summed E-state index contributed by atoms with van der Waals surface area (Å²) in [5.41, 5.74) is -0.152. The second kappa shape index (κ2) is 5.65. The van der Waals surface area contributed by atoms with Crippen molar-refractivity contribution in [1.82, 2.24) is 14.9 Å². The van der Waals surface area contributed by atoms with Crippen LogP contribution in [0.15, 0.2) is 17.2 Å². The van der Waals surface area contributed by atoms with E-state index in [1.807, 2.05) is 0 Å². The molecule has 16 heavy (non-hydrogen) atoms. The van der Waals surface area contributed by atoms with Crippen molar-refractivity contribution >= 4 is 5.82 Å². The van der Waals surface area contributed by atoms with Crippen LogP contribution in [-0.4, -0.2) is 41.0 Å². The lowest BCUT2D eigenvalue weighted by molar-refractivity contribution is 0.237. The highest BCUT2D eigenvalue weighted by Gasteiger charge is 2.09. The number of likely N-dealkylation sites (tertiary alicyclic amines) is 1. The third-order valence-electron chi connectivity index (χ3n) is 2.88. The normalized spacial score (nSPS) is 17.2. The molecule has 1 saturated heterocycles. The Morgan fingerprint density at radius 2 is 2.19 bits per heavy atom. The predicted molar refractivity (Wildman–Crippen MR) is 63.6 cm³/mol. The minimum absolute atomic E-state index is 0.152. The molecule has 1 aromatic rings. The van der Waals surface area contributed by atoms with Gasteiger partial charge in [0.25, 0.3) is 5.56 Å². The van der Waals surface area contributed by atoms with Gasteiger partial charge < -0.3 is 15.2 Å². The quantitative estimate of drug-likeness (QED) is 0.786. The van der Waals surface area contributed by atoms with Crippen LogP contribution >= 0.6 is 0 Å². The first kappa shape index (κ1) is 11.1. The first-order valence-electron chi connectivity index (χ1n) is 5.86. The number of hydrogen-bond donors (Lipinski definition) is 2. The molecule has 0 amide bonds. The minimum atomic E-state index is -0.152. The van der Waals surface area contributed by atoms with Crippen molar-refractivity contribution in [1.29, 1.82) is 0 Å². The topological polar surface area (TPSA) is 61.0 Å². The summed E-state index contributed by atoms with van der Waals surface area (Å²) < 4.78 is 0. The van der Waals surface area contributed by atoms with Crippen LogP contribution in [0.3, 0.4) is 0 Å². The Bertz CT molecular complexity index is 370. The minimum Gasteiger partial charge on any atom is -0.364 e. The summed E-state index contributed by atoms with van der Waals surface area (Å²) in [4.78, 5) is 20.3. The van der Waals surface area contributed by atoms with Crippen LogP contribution in [0.1, 0.15) is 19.3 Å². The number of nitrogens with one attached hydrogen (secondary N) is 2. The van der Waals surface area contributed by atoms with Crippen molar-refractivity contribution in [3.05, 3.63) is 22.7 Å². The van der Waals surface area contributed by atoms with Gasteiger partial charge in [-0.1, -0.05) is 6.42 Å². The number of nitrogens with zero attached hydrogens (tertiary/aromatic N) is 2. The van der Waals surface area contributed by atoms with Gasteiger partial charge in [0.15, 0.2) is 5.82 Å². The molecule has 2 rings (SSSR count). The molecule has 5 heteroatoms. The van der Waals surface area contributed by atoms with Crippen molar-refractivity contribution in [2.24, 2.45) is 0 Å². The van der Waals surface area contributed by atoms with E-state index >= 15 is 0 Å². The molecule has 0 atom stereocenters. The Kier molecular flexibility index (Phi) is 3.93. The molecule has 2 heterocycles. The van der Waals surface area contributed by atoms with Crippen LogP contribution in [0.5, 0.6) is 0 Å². The van der Waals surface area contributed by atoms with Crippen LogP contribution in [0.25, 0.3) is 0 Å². The fourth-order valence-corrected chi connectivity index (χ4v) is 1.99. The maximum Gasteiger partial charge on any atom is 0.290 e. The van der Waals surface area contributed by atoms with E-state index in [0.717, 1.165) is 13.1 Å². The van der Waals surface area contributed by atoms with Gasteiger partial charge in [0.05, 0.1) is 0 Å². The van der Waals surface area contributed by atoms with E-state index in [2.05, 4.69) is 20.2 Å². The molecule has 0 radical (unpaired) electrons. The van der Waals surface area contributed by atoms with E-state index in [1.165, 1.54) is 38.5 Å². The van der Waals surface area contributed by atoms with Crippen LogP contribution in [0.2, 0.25) is 0 Å². The number of aromatic amines is 1. The zero-order valence-corrected chi connectivity index (χ0v) is 9.41. The summed E-state index contributed by atoms with van der Waals surface area (Å²) in [6.07, 6.45) is 7.07. The standard InChI is InChI=1S/C11H18N4O/c16-11-10(12-4-5-14-11)13-6-9-15-7-2-1-3-8-15/h4-5H,1-3,6-9H2,(H,12,13)(H,14,16). The number of piperidine rings is 1.